The van der Waals surface area contributed by atoms with E-state index in [0.717, 1.165) is 10.2 Å². The average molecular weight is 360 g/mol. The van der Waals surface area contributed by atoms with E-state index < -0.39 is 6.10 Å². The van der Waals surface area contributed by atoms with Crippen molar-refractivity contribution in [3.05, 3.63) is 28.7 Å². The number of amides is 1. The topological polar surface area (TPSA) is 38.3 Å². The second-order valence-electron chi connectivity index (χ2n) is 5.47. The molecule has 0 aromatic heterocycles. The van der Waals surface area contributed by atoms with Gasteiger partial charge < -0.3 is 10.1 Å². The first kappa shape index (κ1) is 17.4. The van der Waals surface area contributed by atoms with Crippen LogP contribution < -0.4 is 10.1 Å². The lowest BCUT2D eigenvalue weighted by atomic mass is 10.3. The molecule has 0 aliphatic carbocycles. The Hall–Kier alpha value is -0.680. The smallest absolute Gasteiger partial charge is 0.260 e. The number of benzene rings is 1. The molecule has 0 aliphatic rings. The summed E-state index contributed by atoms with van der Waals surface area (Å²) < 4.78 is 6.80. The van der Waals surface area contributed by atoms with E-state index in [1.54, 1.807) is 6.92 Å². The minimum Gasteiger partial charge on any atom is -0.481 e. The van der Waals surface area contributed by atoms with Crippen LogP contribution in [0.4, 0.5) is 0 Å². The van der Waals surface area contributed by atoms with Crippen LogP contribution in [0.5, 0.6) is 5.75 Å². The van der Waals surface area contributed by atoms with Gasteiger partial charge in [-0.1, -0.05) is 36.7 Å². The van der Waals surface area contributed by atoms with Gasteiger partial charge in [-0.2, -0.15) is 11.8 Å². The summed E-state index contributed by atoms with van der Waals surface area (Å²) in [7, 11) is 0. The van der Waals surface area contributed by atoms with E-state index in [1.165, 1.54) is 0 Å². The third kappa shape index (κ3) is 7.20. The van der Waals surface area contributed by atoms with Gasteiger partial charge in [-0.05, 0) is 31.2 Å². The molecule has 0 saturated carbocycles. The summed E-state index contributed by atoms with van der Waals surface area (Å²) in [6.07, 6.45) is -0.490. The summed E-state index contributed by atoms with van der Waals surface area (Å²) in [5.74, 6) is 1.52. The first-order valence-corrected chi connectivity index (χ1v) is 8.40. The molecular weight excluding hydrogens is 338 g/mol. The molecule has 1 aromatic rings. The number of hydrogen-bond acceptors (Lipinski definition) is 3. The molecule has 0 radical (unpaired) electrons. The molecule has 1 atom stereocenters. The molecule has 0 aliphatic heterocycles. The Bertz CT molecular complexity index is 428. The van der Waals surface area contributed by atoms with Crippen molar-refractivity contribution in [2.45, 2.75) is 38.5 Å². The van der Waals surface area contributed by atoms with Gasteiger partial charge in [-0.3, -0.25) is 4.79 Å². The highest BCUT2D eigenvalue weighted by Crippen LogP contribution is 2.22. The Morgan fingerprint density at radius 3 is 2.50 bits per heavy atom. The normalized spacial score (nSPS) is 12.8. The zero-order valence-electron chi connectivity index (χ0n) is 12.4. The summed E-state index contributed by atoms with van der Waals surface area (Å²) in [5, 5.41) is 2.89. The van der Waals surface area contributed by atoms with Crippen molar-refractivity contribution in [2.24, 2.45) is 0 Å². The van der Waals surface area contributed by atoms with E-state index in [9.17, 15) is 4.79 Å². The first-order chi connectivity index (χ1) is 9.28. The fraction of sp³-hybridized carbons (Fsp3) is 0.533. The highest BCUT2D eigenvalue weighted by molar-refractivity contribution is 9.10. The van der Waals surface area contributed by atoms with E-state index in [1.807, 2.05) is 36.0 Å². The fourth-order valence-corrected chi connectivity index (χ4v) is 2.53. The molecule has 3 nitrogen and oxygen atoms in total. The highest BCUT2D eigenvalue weighted by Gasteiger charge is 2.15. The van der Waals surface area contributed by atoms with Gasteiger partial charge in [0.05, 0.1) is 0 Å². The molecule has 1 rings (SSSR count). The van der Waals surface area contributed by atoms with Gasteiger partial charge >= 0.3 is 0 Å². The number of ether oxygens (including phenoxy) is 1. The van der Waals surface area contributed by atoms with Gasteiger partial charge in [-0.25, -0.2) is 0 Å². The quantitative estimate of drug-likeness (QED) is 0.783. The van der Waals surface area contributed by atoms with Crippen LogP contribution in [0.25, 0.3) is 0 Å². The second-order valence-corrected chi connectivity index (χ2v) is 8.30. The van der Waals surface area contributed by atoms with Crippen LogP contribution in [0.2, 0.25) is 0 Å². The largest absolute Gasteiger partial charge is 0.481 e. The molecular formula is C15H22BrNO2S. The maximum absolute atomic E-state index is 11.9. The monoisotopic (exact) mass is 359 g/mol. The minimum atomic E-state index is -0.490. The number of carbonyl (C=O) groups excluding carboxylic acids is 1. The number of hydrogen-bond donors (Lipinski definition) is 1. The van der Waals surface area contributed by atoms with Crippen LogP contribution in [-0.2, 0) is 4.79 Å². The van der Waals surface area contributed by atoms with Crippen molar-refractivity contribution in [3.8, 4) is 5.75 Å². The lowest BCUT2D eigenvalue weighted by Gasteiger charge is -2.18. The lowest BCUT2D eigenvalue weighted by Crippen LogP contribution is -2.37. The van der Waals surface area contributed by atoms with Gasteiger partial charge in [0, 0.05) is 21.5 Å². The van der Waals surface area contributed by atoms with Crippen molar-refractivity contribution >= 4 is 33.6 Å². The fourth-order valence-electron chi connectivity index (χ4n) is 1.45. The van der Waals surface area contributed by atoms with Crippen LogP contribution in [0.15, 0.2) is 28.7 Å². The van der Waals surface area contributed by atoms with E-state index >= 15 is 0 Å². The van der Waals surface area contributed by atoms with E-state index in [4.69, 9.17) is 4.74 Å². The average Bonchev–Trinajstić information content (AvgIpc) is 2.36. The molecule has 0 heterocycles. The summed E-state index contributed by atoms with van der Waals surface area (Å²) in [6.45, 7) is 8.92. The number of carbonyl (C=O) groups is 1. The second kappa shape index (κ2) is 7.93. The predicted molar refractivity (Wildman–Crippen MR) is 89.5 cm³/mol. The number of nitrogens with one attached hydrogen (secondary N) is 1. The van der Waals surface area contributed by atoms with E-state index in [2.05, 4.69) is 42.0 Å². The van der Waals surface area contributed by atoms with Gasteiger partial charge in [0.15, 0.2) is 6.10 Å². The third-order valence-electron chi connectivity index (χ3n) is 2.43. The number of rotatable bonds is 6. The van der Waals surface area contributed by atoms with Crippen LogP contribution >= 0.6 is 27.7 Å². The molecule has 112 valence electrons. The van der Waals surface area contributed by atoms with Crippen LogP contribution in [0.1, 0.15) is 27.7 Å². The Morgan fingerprint density at radius 1 is 1.35 bits per heavy atom. The molecule has 20 heavy (non-hydrogen) atoms. The molecule has 0 spiro atoms. The van der Waals surface area contributed by atoms with Crippen molar-refractivity contribution in [1.82, 2.24) is 5.32 Å². The molecule has 0 bridgehead atoms. The molecule has 1 amide bonds. The van der Waals surface area contributed by atoms with Crippen LogP contribution in [0, 0.1) is 0 Å². The van der Waals surface area contributed by atoms with Gasteiger partial charge in [-0.15, -0.1) is 0 Å². The number of halogens is 1. The number of thioether (sulfide) groups is 1. The molecule has 1 N–H and O–H groups in total. The summed E-state index contributed by atoms with van der Waals surface area (Å²) in [5.41, 5.74) is 0. The molecule has 0 unspecified atom stereocenters. The minimum absolute atomic E-state index is 0.0811. The Kier molecular flexibility index (Phi) is 6.89. The maximum atomic E-state index is 11.9. The highest BCUT2D eigenvalue weighted by atomic mass is 79.9. The van der Waals surface area contributed by atoms with Crippen molar-refractivity contribution in [3.63, 3.8) is 0 Å². The van der Waals surface area contributed by atoms with Crippen molar-refractivity contribution < 1.29 is 9.53 Å². The van der Waals surface area contributed by atoms with E-state index in [0.29, 0.717) is 12.3 Å². The standard InChI is InChI=1S/C15H22BrNO2S/c1-11(19-13-7-5-12(16)6-8-13)14(18)17-9-10-20-15(2,3)4/h5-8,11H,9-10H2,1-4H3,(H,17,18)/t11-/m1/s1. The lowest BCUT2D eigenvalue weighted by molar-refractivity contribution is -0.127. The summed E-state index contributed by atoms with van der Waals surface area (Å²) >= 11 is 5.19. The predicted octanol–water partition coefficient (Wildman–Crippen LogP) is 3.86. The molecule has 0 fully saturated rings. The van der Waals surface area contributed by atoms with Crippen LogP contribution in [-0.4, -0.2) is 29.1 Å². The SMILES string of the molecule is C[C@@H](Oc1ccc(Br)cc1)C(=O)NCCSC(C)(C)C. The van der Waals surface area contributed by atoms with E-state index in [-0.39, 0.29) is 10.7 Å². The Balaban J connectivity index is 2.30. The van der Waals surface area contributed by atoms with Gasteiger partial charge in [0.1, 0.15) is 5.75 Å². The van der Waals surface area contributed by atoms with Gasteiger partial charge in [0.25, 0.3) is 5.91 Å². The zero-order chi connectivity index (χ0) is 15.2. The maximum Gasteiger partial charge on any atom is 0.260 e. The van der Waals surface area contributed by atoms with Crippen molar-refractivity contribution in [2.75, 3.05) is 12.3 Å². The Labute approximate surface area is 134 Å². The molecule has 1 aromatic carbocycles. The zero-order valence-corrected chi connectivity index (χ0v) is 14.8. The Morgan fingerprint density at radius 2 is 1.95 bits per heavy atom. The van der Waals surface area contributed by atoms with Crippen molar-refractivity contribution in [1.29, 1.82) is 0 Å². The van der Waals surface area contributed by atoms with Gasteiger partial charge in [0.2, 0.25) is 0 Å². The first-order valence-electron chi connectivity index (χ1n) is 6.62. The van der Waals surface area contributed by atoms with Crippen LogP contribution in [0.3, 0.4) is 0 Å². The molecule has 5 heteroatoms. The molecule has 0 saturated heterocycles. The summed E-state index contributed by atoms with van der Waals surface area (Å²) in [6, 6.07) is 7.45. The third-order valence-corrected chi connectivity index (χ3v) is 4.24. The summed E-state index contributed by atoms with van der Waals surface area (Å²) in [4.78, 5) is 11.9.